The summed E-state index contributed by atoms with van der Waals surface area (Å²) < 4.78 is 39.2. The Hall–Kier alpha value is -3.39. The second-order valence-electron chi connectivity index (χ2n) is 8.47. The normalized spacial score (nSPS) is 20.0. The van der Waals surface area contributed by atoms with Crippen molar-refractivity contribution >= 4 is 82.8 Å². The van der Waals surface area contributed by atoms with Gasteiger partial charge in [0.1, 0.15) is 34.8 Å². The first-order valence-corrected chi connectivity index (χ1v) is 17.0. The number of nitrogens with zero attached hydrogens (tertiary/aromatic N) is 6. The van der Waals surface area contributed by atoms with E-state index in [-0.39, 0.29) is 29.0 Å². The van der Waals surface area contributed by atoms with E-state index in [0.29, 0.717) is 32.0 Å². The highest BCUT2D eigenvalue weighted by Crippen LogP contribution is 2.46. The summed E-state index contributed by atoms with van der Waals surface area (Å²) in [6, 6.07) is 2.09. The first-order chi connectivity index (χ1) is 21.7. The van der Waals surface area contributed by atoms with Gasteiger partial charge in [-0.1, -0.05) is 16.9 Å². The number of β-lactam (4-membered cyclic amide) rings is 1. The van der Waals surface area contributed by atoms with Crippen molar-refractivity contribution in [3.05, 3.63) is 46.3 Å². The number of thiazole rings is 1. The molecule has 0 saturated carbocycles. The molecule has 3 aromatic rings. The van der Waals surface area contributed by atoms with Crippen molar-refractivity contribution in [3.63, 3.8) is 0 Å². The lowest BCUT2D eigenvalue weighted by molar-refractivity contribution is -0.671. The SMILES string of the molecule is [2H]C([2H])([2H])[n+]1ccc(-c2csc(SC3=C(C(=O)O)N4C(=O)[C@@H](NC(=O)/C(=N\OCC)c5nsc(NP(=O)(O)O)n5)[C@H]4SC3)n2)cc1. The maximum absolute atomic E-state index is 13.2. The Morgan fingerprint density at radius 2 is 2.12 bits per heavy atom. The molecule has 2 aliphatic heterocycles. The van der Waals surface area contributed by atoms with Crippen molar-refractivity contribution in [1.29, 1.82) is 0 Å². The number of thioether (sulfide) groups is 2. The predicted octanol–water partition coefficient (Wildman–Crippen LogP) is 1.22. The smallest absolute Gasteiger partial charge is 0.429 e. The second kappa shape index (κ2) is 12.7. The van der Waals surface area contributed by atoms with E-state index in [9.17, 15) is 24.1 Å². The molecular formula is C22H22N8O8PS4+. The van der Waals surface area contributed by atoms with Gasteiger partial charge in [-0.15, -0.1) is 23.1 Å². The Balaban J connectivity index is 1.30. The lowest BCUT2D eigenvalue weighted by Crippen LogP contribution is -2.71. The molecule has 5 heterocycles. The fourth-order valence-electron chi connectivity index (χ4n) is 3.82. The standard InChI is InChI=1S/C22H21N8O8PS4/c1-3-38-26-13(16-25-21(43-28-16)27-39(35,36)37)17(31)24-14-18(32)30-15(20(33)34)12(9-40-19(14)30)42-22-23-11(8-41-22)10-4-6-29(2)7-5-10/h4-8,14,19H,3,9H2,1-2H3,(H4-,24,25,27,28,31,33,34,35,36,37)/p+1/b26-13-/t14-,19-/m1/s1/i2D3. The van der Waals surface area contributed by atoms with Gasteiger partial charge in [0.2, 0.25) is 16.7 Å². The number of carbonyl (C=O) groups excluding carboxylic acids is 2. The third-order valence-electron chi connectivity index (χ3n) is 5.62. The summed E-state index contributed by atoms with van der Waals surface area (Å²) in [6.07, 6.45) is 2.84. The minimum Gasteiger partial charge on any atom is -0.477 e. The van der Waals surface area contributed by atoms with Gasteiger partial charge in [-0.2, -0.15) is 9.36 Å². The fraction of sp³-hybridized carbons (Fsp3) is 0.273. The monoisotopic (exact) mass is 688 g/mol. The zero-order valence-electron chi connectivity index (χ0n) is 24.6. The largest absolute Gasteiger partial charge is 0.477 e. The predicted molar refractivity (Wildman–Crippen MR) is 158 cm³/mol. The first-order valence-electron chi connectivity index (χ1n) is 13.4. The number of hydrogen-bond acceptors (Lipinski definition) is 13. The van der Waals surface area contributed by atoms with Crippen LogP contribution in [0.2, 0.25) is 0 Å². The zero-order chi connectivity index (χ0) is 33.4. The minimum atomic E-state index is -4.70. The fourth-order valence-corrected chi connectivity index (χ4v) is 8.53. The van der Waals surface area contributed by atoms with Gasteiger partial charge < -0.3 is 25.0 Å². The minimum absolute atomic E-state index is 0.0624. The van der Waals surface area contributed by atoms with Crippen LogP contribution in [-0.2, 0) is 30.8 Å². The molecule has 0 bridgehead atoms. The highest BCUT2D eigenvalue weighted by atomic mass is 32.2. The molecule has 0 aliphatic carbocycles. The van der Waals surface area contributed by atoms with E-state index in [1.54, 1.807) is 24.4 Å². The van der Waals surface area contributed by atoms with E-state index in [1.807, 2.05) is 5.09 Å². The summed E-state index contributed by atoms with van der Waals surface area (Å²) in [5.74, 6) is -3.06. The lowest BCUT2D eigenvalue weighted by Gasteiger charge is -2.49. The number of fused-ring (bicyclic) bond motifs is 1. The maximum atomic E-state index is 13.2. The van der Waals surface area contributed by atoms with Gasteiger partial charge >= 0.3 is 13.7 Å². The van der Waals surface area contributed by atoms with E-state index in [1.165, 1.54) is 35.5 Å². The Bertz CT molecular complexity index is 1800. The molecule has 0 radical (unpaired) electrons. The van der Waals surface area contributed by atoms with E-state index < -0.39 is 49.6 Å². The van der Waals surface area contributed by atoms with Gasteiger partial charge in [0, 0.05) is 45.3 Å². The number of hydrogen-bond donors (Lipinski definition) is 5. The van der Waals surface area contributed by atoms with E-state index in [4.69, 9.17) is 18.7 Å². The number of anilines is 1. The van der Waals surface area contributed by atoms with E-state index in [2.05, 4.69) is 24.8 Å². The van der Waals surface area contributed by atoms with Gasteiger partial charge in [0.15, 0.2) is 16.7 Å². The molecular weight excluding hydrogens is 664 g/mol. The van der Waals surface area contributed by atoms with Crippen LogP contribution in [0.5, 0.6) is 0 Å². The highest BCUT2D eigenvalue weighted by molar-refractivity contribution is 8.07. The number of aromatic nitrogens is 4. The van der Waals surface area contributed by atoms with Crippen molar-refractivity contribution in [3.8, 4) is 11.3 Å². The van der Waals surface area contributed by atoms with Gasteiger partial charge in [-0.05, 0) is 6.92 Å². The Morgan fingerprint density at radius 1 is 1.35 bits per heavy atom. The summed E-state index contributed by atoms with van der Waals surface area (Å²) in [5, 5.41) is 18.8. The Morgan fingerprint density at radius 3 is 2.79 bits per heavy atom. The van der Waals surface area contributed by atoms with E-state index in [0.717, 1.165) is 21.2 Å². The molecule has 1 fully saturated rings. The van der Waals surface area contributed by atoms with Crippen LogP contribution in [-0.4, -0.2) is 81.4 Å². The zero-order valence-corrected chi connectivity index (χ0v) is 25.8. The third kappa shape index (κ3) is 6.90. The Kier molecular flexibility index (Phi) is 8.02. The summed E-state index contributed by atoms with van der Waals surface area (Å²) in [7, 11) is -4.70. The topological polar surface area (TPSA) is 220 Å². The van der Waals surface area contributed by atoms with E-state index >= 15 is 0 Å². The number of rotatable bonds is 11. The summed E-state index contributed by atoms with van der Waals surface area (Å²) in [4.78, 5) is 71.7. The third-order valence-corrected chi connectivity index (χ3v) is 10.4. The van der Waals surface area contributed by atoms with Gasteiger partial charge in [-0.25, -0.2) is 18.9 Å². The molecule has 0 spiro atoms. The van der Waals surface area contributed by atoms with Crippen LogP contribution in [0.4, 0.5) is 5.13 Å². The molecule has 3 aromatic heterocycles. The maximum Gasteiger partial charge on any atom is 0.429 e. The number of carboxylic acid groups (broad SMARTS) is 1. The van der Waals surface area contributed by atoms with Crippen molar-refractivity contribution in [2.45, 2.75) is 22.7 Å². The first kappa shape index (κ1) is 27.2. The van der Waals surface area contributed by atoms with Crippen molar-refractivity contribution in [2.75, 3.05) is 17.4 Å². The van der Waals surface area contributed by atoms with Gasteiger partial charge in [0.25, 0.3) is 11.8 Å². The molecule has 0 unspecified atom stereocenters. The molecule has 2 atom stereocenters. The van der Waals surface area contributed by atoms with Crippen molar-refractivity contribution < 1.29 is 47.4 Å². The molecule has 226 valence electrons. The molecule has 1 saturated heterocycles. The molecule has 5 rings (SSSR count). The van der Waals surface area contributed by atoms with Crippen LogP contribution in [0.25, 0.3) is 11.3 Å². The lowest BCUT2D eigenvalue weighted by atomic mass is 10.0. The van der Waals surface area contributed by atoms with Gasteiger partial charge in [-0.3, -0.25) is 19.6 Å². The molecule has 0 aromatic carbocycles. The van der Waals surface area contributed by atoms with Crippen LogP contribution >= 0.6 is 54.1 Å². The molecule has 21 heteroatoms. The second-order valence-corrected chi connectivity index (χ2v) is 13.8. The Labute approximate surface area is 263 Å². The molecule has 2 aliphatic rings. The number of oxime groups is 1. The molecule has 16 nitrogen and oxygen atoms in total. The number of aliphatic carboxylic acids is 1. The summed E-state index contributed by atoms with van der Waals surface area (Å²) in [5.41, 5.74) is 0.535. The number of pyridine rings is 1. The van der Waals surface area contributed by atoms with Crippen molar-refractivity contribution in [1.82, 2.24) is 24.6 Å². The molecule has 5 N–H and O–H groups in total. The number of aryl methyl sites for hydroxylation is 1. The van der Waals surface area contributed by atoms with Crippen molar-refractivity contribution in [2.24, 2.45) is 12.1 Å². The molecule has 43 heavy (non-hydrogen) atoms. The van der Waals surface area contributed by atoms with Crippen LogP contribution < -0.4 is 15.0 Å². The van der Waals surface area contributed by atoms with Crippen LogP contribution in [0, 0.1) is 0 Å². The van der Waals surface area contributed by atoms with Crippen LogP contribution in [0.3, 0.4) is 0 Å². The highest BCUT2D eigenvalue weighted by Gasteiger charge is 2.54. The summed E-state index contributed by atoms with van der Waals surface area (Å²) in [6.45, 7) is -0.655. The summed E-state index contributed by atoms with van der Waals surface area (Å²) >= 11 is 4.14. The number of carbonyl (C=O) groups is 3. The van der Waals surface area contributed by atoms with Crippen LogP contribution in [0.1, 0.15) is 16.9 Å². The number of carboxylic acids is 1. The van der Waals surface area contributed by atoms with Gasteiger partial charge in [0.05, 0.1) is 5.69 Å². The average molecular weight is 689 g/mol. The number of amides is 2. The molecule has 2 amide bonds. The van der Waals surface area contributed by atoms with Crippen LogP contribution in [0.15, 0.2) is 50.0 Å². The quantitative estimate of drug-likeness (QED) is 0.0629. The average Bonchev–Trinajstić information content (AvgIpc) is 3.64. The number of nitrogens with one attached hydrogen (secondary N) is 2.